The van der Waals surface area contributed by atoms with E-state index in [-0.39, 0.29) is 22.6 Å². The Labute approximate surface area is 121 Å². The van der Waals surface area contributed by atoms with Crippen LogP contribution in [-0.4, -0.2) is 13.0 Å². The van der Waals surface area contributed by atoms with Crippen molar-refractivity contribution < 1.29 is 17.7 Å². The fraction of sp³-hybridized carbons (Fsp3) is 0. The van der Waals surface area contributed by atoms with Gasteiger partial charge in [0.2, 0.25) is 0 Å². The second-order valence-corrected chi connectivity index (χ2v) is 5.32. The van der Waals surface area contributed by atoms with Crippen LogP contribution in [0.25, 0.3) is 0 Å². The SMILES string of the molecule is N#Cc1cccc(Oc2ccccc2S(=O)(=O)O)c1C#N. The first kappa shape index (κ1) is 14.5. The molecule has 21 heavy (non-hydrogen) atoms. The second kappa shape index (κ2) is 5.63. The van der Waals surface area contributed by atoms with Crippen LogP contribution in [0.2, 0.25) is 0 Å². The Balaban J connectivity index is 2.56. The standard InChI is InChI=1S/C14H8N2O4S/c15-8-10-4-3-6-12(11(10)9-16)20-13-5-1-2-7-14(13)21(17,18)19/h1-7H,(H,17,18,19). The lowest BCUT2D eigenvalue weighted by molar-refractivity contribution is 0.449. The molecule has 0 aliphatic rings. The van der Waals surface area contributed by atoms with E-state index in [1.807, 2.05) is 12.1 Å². The molecule has 0 aliphatic carbocycles. The van der Waals surface area contributed by atoms with Gasteiger partial charge in [-0.2, -0.15) is 18.9 Å². The number of nitriles is 2. The average molecular weight is 300 g/mol. The molecule has 1 N–H and O–H groups in total. The van der Waals surface area contributed by atoms with E-state index in [0.29, 0.717) is 0 Å². The Morgan fingerprint density at radius 3 is 2.24 bits per heavy atom. The van der Waals surface area contributed by atoms with Crippen molar-refractivity contribution in [2.75, 3.05) is 0 Å². The van der Waals surface area contributed by atoms with E-state index in [0.717, 1.165) is 0 Å². The number of ether oxygens (including phenoxy) is 1. The van der Waals surface area contributed by atoms with Crippen LogP contribution in [0, 0.1) is 22.7 Å². The van der Waals surface area contributed by atoms with Gasteiger partial charge in [-0.05, 0) is 24.3 Å². The van der Waals surface area contributed by atoms with Gasteiger partial charge in [0.05, 0.1) is 5.56 Å². The smallest absolute Gasteiger partial charge is 0.298 e. The van der Waals surface area contributed by atoms with Gasteiger partial charge in [0.15, 0.2) is 0 Å². The quantitative estimate of drug-likeness (QED) is 0.871. The van der Waals surface area contributed by atoms with Crippen LogP contribution in [-0.2, 0) is 10.1 Å². The van der Waals surface area contributed by atoms with E-state index >= 15 is 0 Å². The van der Waals surface area contributed by atoms with E-state index in [1.165, 1.54) is 42.5 Å². The highest BCUT2D eigenvalue weighted by Gasteiger charge is 2.18. The molecule has 0 heterocycles. The molecule has 0 saturated heterocycles. The molecule has 0 bridgehead atoms. The Morgan fingerprint density at radius 2 is 1.62 bits per heavy atom. The van der Waals surface area contributed by atoms with Gasteiger partial charge < -0.3 is 4.74 Å². The lowest BCUT2D eigenvalue weighted by Gasteiger charge is -2.10. The Bertz CT molecular complexity index is 877. The Kier molecular flexibility index (Phi) is 3.90. The average Bonchev–Trinajstić information content (AvgIpc) is 2.46. The third-order valence-electron chi connectivity index (χ3n) is 2.61. The number of rotatable bonds is 3. The zero-order valence-corrected chi connectivity index (χ0v) is 11.3. The molecule has 0 amide bonds. The Hall–Kier alpha value is -2.87. The first-order valence-corrected chi connectivity index (χ1v) is 7.09. The summed E-state index contributed by atoms with van der Waals surface area (Å²) in [4.78, 5) is -0.420. The number of para-hydroxylation sites is 1. The van der Waals surface area contributed by atoms with Crippen LogP contribution in [0.15, 0.2) is 47.4 Å². The molecule has 7 heteroatoms. The molecule has 0 atom stereocenters. The van der Waals surface area contributed by atoms with E-state index in [1.54, 1.807) is 0 Å². The van der Waals surface area contributed by atoms with Crippen molar-refractivity contribution in [3.8, 4) is 23.6 Å². The zero-order valence-electron chi connectivity index (χ0n) is 10.5. The normalized spacial score (nSPS) is 10.4. The van der Waals surface area contributed by atoms with Crippen molar-refractivity contribution in [3.05, 3.63) is 53.6 Å². The first-order valence-electron chi connectivity index (χ1n) is 5.65. The zero-order chi connectivity index (χ0) is 15.5. The predicted molar refractivity (Wildman–Crippen MR) is 72.2 cm³/mol. The highest BCUT2D eigenvalue weighted by molar-refractivity contribution is 7.86. The molecule has 2 rings (SSSR count). The molecule has 0 aliphatic heterocycles. The molecule has 0 unspecified atom stereocenters. The summed E-state index contributed by atoms with van der Waals surface area (Å²) in [6, 6.07) is 13.5. The fourth-order valence-corrected chi connectivity index (χ4v) is 2.31. The fourth-order valence-electron chi connectivity index (χ4n) is 1.69. The monoisotopic (exact) mass is 300 g/mol. The minimum Gasteiger partial charge on any atom is -0.454 e. The number of nitrogens with zero attached hydrogens (tertiary/aromatic N) is 2. The summed E-state index contributed by atoms with van der Waals surface area (Å²) in [6.45, 7) is 0. The summed E-state index contributed by atoms with van der Waals surface area (Å²) in [6.07, 6.45) is 0. The molecule has 0 saturated carbocycles. The van der Waals surface area contributed by atoms with E-state index < -0.39 is 15.0 Å². The summed E-state index contributed by atoms with van der Waals surface area (Å²) >= 11 is 0. The van der Waals surface area contributed by atoms with Crippen LogP contribution in [0.1, 0.15) is 11.1 Å². The first-order chi connectivity index (χ1) is 9.97. The van der Waals surface area contributed by atoms with Crippen molar-refractivity contribution in [1.29, 1.82) is 10.5 Å². The van der Waals surface area contributed by atoms with E-state index in [4.69, 9.17) is 19.8 Å². The summed E-state index contributed by atoms with van der Waals surface area (Å²) in [5, 5.41) is 18.0. The van der Waals surface area contributed by atoms with Crippen LogP contribution in [0.4, 0.5) is 0 Å². The largest absolute Gasteiger partial charge is 0.454 e. The summed E-state index contributed by atoms with van der Waals surface area (Å²) in [7, 11) is -4.46. The minimum absolute atomic E-state index is 0.00913. The molecule has 0 spiro atoms. The molecule has 0 aromatic heterocycles. The summed E-state index contributed by atoms with van der Waals surface area (Å²) < 4.78 is 37.1. The number of hydrogen-bond donors (Lipinski definition) is 1. The van der Waals surface area contributed by atoms with E-state index in [9.17, 15) is 8.42 Å². The van der Waals surface area contributed by atoms with Gasteiger partial charge in [-0.1, -0.05) is 18.2 Å². The van der Waals surface area contributed by atoms with Gasteiger partial charge in [-0.15, -0.1) is 0 Å². The van der Waals surface area contributed by atoms with Crippen molar-refractivity contribution in [1.82, 2.24) is 0 Å². The summed E-state index contributed by atoms with van der Waals surface area (Å²) in [5.41, 5.74) is 0.101. The lowest BCUT2D eigenvalue weighted by atomic mass is 10.1. The maximum atomic E-state index is 11.3. The van der Waals surface area contributed by atoms with Crippen LogP contribution in [0.3, 0.4) is 0 Å². The van der Waals surface area contributed by atoms with Gasteiger partial charge in [0, 0.05) is 0 Å². The van der Waals surface area contributed by atoms with Gasteiger partial charge in [0.1, 0.15) is 34.1 Å². The molecular weight excluding hydrogens is 292 g/mol. The van der Waals surface area contributed by atoms with Crippen LogP contribution in [0.5, 0.6) is 11.5 Å². The topological polar surface area (TPSA) is 111 Å². The maximum Gasteiger partial charge on any atom is 0.298 e. The predicted octanol–water partition coefficient (Wildman–Crippen LogP) is 2.47. The third-order valence-corrected chi connectivity index (χ3v) is 3.50. The third kappa shape index (κ3) is 3.00. The molecule has 6 nitrogen and oxygen atoms in total. The molecule has 104 valence electrons. The second-order valence-electron chi connectivity index (χ2n) is 3.93. The molecule has 2 aromatic carbocycles. The minimum atomic E-state index is -4.46. The number of benzene rings is 2. The van der Waals surface area contributed by atoms with Gasteiger partial charge in [-0.25, -0.2) is 0 Å². The van der Waals surface area contributed by atoms with Crippen molar-refractivity contribution in [3.63, 3.8) is 0 Å². The number of hydrogen-bond acceptors (Lipinski definition) is 5. The van der Waals surface area contributed by atoms with Crippen molar-refractivity contribution >= 4 is 10.1 Å². The van der Waals surface area contributed by atoms with Crippen molar-refractivity contribution in [2.24, 2.45) is 0 Å². The summed E-state index contributed by atoms with van der Waals surface area (Å²) in [5.74, 6) is -0.0979. The van der Waals surface area contributed by atoms with Crippen LogP contribution >= 0.6 is 0 Å². The highest BCUT2D eigenvalue weighted by Crippen LogP contribution is 2.31. The molecule has 0 radical (unpaired) electrons. The van der Waals surface area contributed by atoms with Crippen LogP contribution < -0.4 is 4.74 Å². The van der Waals surface area contributed by atoms with Crippen molar-refractivity contribution in [2.45, 2.75) is 4.90 Å². The Morgan fingerprint density at radius 1 is 0.952 bits per heavy atom. The maximum absolute atomic E-state index is 11.3. The molecular formula is C14H8N2O4S. The molecule has 2 aromatic rings. The molecule has 0 fully saturated rings. The lowest BCUT2D eigenvalue weighted by Crippen LogP contribution is -2.01. The van der Waals surface area contributed by atoms with Gasteiger partial charge in [0.25, 0.3) is 10.1 Å². The van der Waals surface area contributed by atoms with E-state index in [2.05, 4.69) is 0 Å². The van der Waals surface area contributed by atoms with Gasteiger partial charge >= 0.3 is 0 Å². The highest BCUT2D eigenvalue weighted by atomic mass is 32.2. The van der Waals surface area contributed by atoms with Gasteiger partial charge in [-0.3, -0.25) is 4.55 Å².